The zero-order valence-electron chi connectivity index (χ0n) is 26.4. The van der Waals surface area contributed by atoms with E-state index in [2.05, 4.69) is 97.1 Å². The average molecular weight is 757 g/mol. The molecule has 5 nitrogen and oxygen atoms in total. The van der Waals surface area contributed by atoms with Crippen molar-refractivity contribution in [3.8, 4) is 22.5 Å². The number of anilines is 1. The van der Waals surface area contributed by atoms with Crippen LogP contribution < -0.4 is 4.90 Å². The average Bonchev–Trinajstić information content (AvgIpc) is 3.57. The molecule has 0 saturated heterocycles. The minimum atomic E-state index is -0.0234. The van der Waals surface area contributed by atoms with Crippen molar-refractivity contribution in [3.63, 3.8) is 0 Å². The summed E-state index contributed by atoms with van der Waals surface area (Å²) in [5.74, 6) is 0.954. The van der Waals surface area contributed by atoms with Crippen molar-refractivity contribution in [2.45, 2.75) is 40.2 Å². The molecule has 0 amide bonds. The fraction of sp³-hybridized carbons (Fsp3) is 0.211. The molecule has 2 aromatic heterocycles. The van der Waals surface area contributed by atoms with Gasteiger partial charge in [0.25, 0.3) is 0 Å². The maximum absolute atomic E-state index is 9.53. The molecule has 44 heavy (non-hydrogen) atoms. The number of fused-ring (bicyclic) bond motifs is 3. The summed E-state index contributed by atoms with van der Waals surface area (Å²) in [6, 6.07) is 36.0. The number of imidazole rings is 1. The van der Waals surface area contributed by atoms with E-state index in [9.17, 15) is 5.41 Å². The molecule has 0 unspecified atom stereocenters. The van der Waals surface area contributed by atoms with Crippen LogP contribution in [0.1, 0.15) is 34.6 Å². The molecular weight excluding hydrogens is 719 g/mol. The number of allylic oxidation sites excluding steroid dienone is 2. The van der Waals surface area contributed by atoms with Crippen LogP contribution in [0.15, 0.2) is 109 Å². The van der Waals surface area contributed by atoms with E-state index in [1.165, 1.54) is 27.4 Å². The number of aryl methyl sites for hydroxylation is 1. The Bertz CT molecular complexity index is 1900. The van der Waals surface area contributed by atoms with Gasteiger partial charge in [0.15, 0.2) is 0 Å². The van der Waals surface area contributed by atoms with Crippen LogP contribution in [0, 0.1) is 12.1 Å². The molecule has 0 fully saturated rings. The van der Waals surface area contributed by atoms with Gasteiger partial charge in [0, 0.05) is 59.5 Å². The van der Waals surface area contributed by atoms with Crippen molar-refractivity contribution in [2.75, 3.05) is 11.9 Å². The topological polar surface area (TPSA) is 48.3 Å². The van der Waals surface area contributed by atoms with Gasteiger partial charge in [-0.2, -0.15) is 23.9 Å². The smallest absolute Gasteiger partial charge is 0.808 e. The molecule has 0 spiro atoms. The van der Waals surface area contributed by atoms with Gasteiger partial charge in [0.2, 0.25) is 0 Å². The van der Waals surface area contributed by atoms with Crippen molar-refractivity contribution in [1.82, 2.24) is 14.1 Å². The molecule has 224 valence electrons. The molecule has 6 heteroatoms. The Morgan fingerprint density at radius 3 is 2.20 bits per heavy atom. The van der Waals surface area contributed by atoms with Crippen LogP contribution in [0.4, 0.5) is 5.69 Å². The fourth-order valence-corrected chi connectivity index (χ4v) is 5.42. The van der Waals surface area contributed by atoms with Gasteiger partial charge in [-0.25, -0.2) is 0 Å². The Kier molecular flexibility index (Phi) is 10.1. The summed E-state index contributed by atoms with van der Waals surface area (Å²) in [6.45, 7) is 10.4. The third kappa shape index (κ3) is 6.93. The third-order valence-electron chi connectivity index (χ3n) is 7.55. The van der Waals surface area contributed by atoms with Crippen molar-refractivity contribution in [1.29, 1.82) is 0 Å². The van der Waals surface area contributed by atoms with Gasteiger partial charge in [0.05, 0.1) is 5.82 Å². The number of aromatic nitrogens is 3. The first-order valence-corrected chi connectivity index (χ1v) is 14.5. The van der Waals surface area contributed by atoms with Crippen LogP contribution in [-0.2, 0) is 32.7 Å². The summed E-state index contributed by atoms with van der Waals surface area (Å²) in [4.78, 5) is 6.24. The second kappa shape index (κ2) is 13.6. The predicted molar refractivity (Wildman–Crippen MR) is 182 cm³/mol. The van der Waals surface area contributed by atoms with Crippen LogP contribution in [-0.4, -0.2) is 26.9 Å². The summed E-state index contributed by atoms with van der Waals surface area (Å²) in [5, 5.41) is 12.1. The van der Waals surface area contributed by atoms with Gasteiger partial charge >= 0.3 is 20.1 Å². The summed E-state index contributed by atoms with van der Waals surface area (Å²) in [5.41, 5.74) is 8.06. The van der Waals surface area contributed by atoms with Crippen LogP contribution >= 0.6 is 0 Å². The first kappa shape index (κ1) is 32.7. The molecule has 0 atom stereocenters. The number of para-hydroxylation sites is 1. The number of hydrogen-bond donors (Lipinski definition) is 0. The van der Waals surface area contributed by atoms with Crippen LogP contribution in [0.5, 0.6) is 0 Å². The van der Waals surface area contributed by atoms with Crippen LogP contribution in [0.3, 0.4) is 0 Å². The largest absolute Gasteiger partial charge is 3.00 e. The maximum atomic E-state index is 9.53. The van der Waals surface area contributed by atoms with Crippen LogP contribution in [0.25, 0.3) is 49.7 Å². The molecular formula is C38H38IrN5. The molecule has 0 aliphatic heterocycles. The van der Waals surface area contributed by atoms with E-state index in [1.54, 1.807) is 19.2 Å². The zero-order chi connectivity index (χ0) is 30.7. The Balaban J connectivity index is 0.000000284. The van der Waals surface area contributed by atoms with E-state index in [4.69, 9.17) is 0 Å². The minimum Gasteiger partial charge on any atom is -0.808 e. The van der Waals surface area contributed by atoms with E-state index in [-0.39, 0.29) is 25.6 Å². The van der Waals surface area contributed by atoms with E-state index < -0.39 is 0 Å². The molecule has 6 rings (SSSR count). The molecule has 0 N–H and O–H groups in total. The Morgan fingerprint density at radius 2 is 1.59 bits per heavy atom. The Morgan fingerprint density at radius 1 is 0.886 bits per heavy atom. The second-order valence-electron chi connectivity index (χ2n) is 11.8. The van der Waals surface area contributed by atoms with E-state index in [0.717, 1.165) is 28.3 Å². The molecule has 6 aromatic rings. The SMILES string of the molecule is CC(=[N-])/C=C(/C)N(C)c1[c-]cc(-c2ccc3c4ccccc4n(C(C)(C)C)c3c2)cc1.Cn1ccnc1-c1[c-]cccc1.[Ir+3]. The van der Waals surface area contributed by atoms with E-state index in [0.29, 0.717) is 5.71 Å². The molecule has 0 saturated carbocycles. The second-order valence-corrected chi connectivity index (χ2v) is 11.8. The van der Waals surface area contributed by atoms with E-state index >= 15 is 0 Å². The van der Waals surface area contributed by atoms with Crippen molar-refractivity contribution in [3.05, 3.63) is 127 Å². The van der Waals surface area contributed by atoms with E-state index in [1.807, 2.05) is 67.0 Å². The number of nitrogens with zero attached hydrogens (tertiary/aromatic N) is 5. The minimum absolute atomic E-state index is 0. The molecule has 2 heterocycles. The van der Waals surface area contributed by atoms with Gasteiger partial charge in [-0.1, -0.05) is 54.6 Å². The molecule has 0 radical (unpaired) electrons. The summed E-state index contributed by atoms with van der Waals surface area (Å²) < 4.78 is 4.42. The molecule has 0 bridgehead atoms. The standard InChI is InChI=1S/C28H29N3.C10H9N2.Ir/c1-19(29)17-20(2)30(6)23-14-11-21(12-15-23)22-13-16-25-24-9-7-8-10-26(24)31(27(25)18-22)28(3,4)5;1-12-8-7-11-10(12)9-5-3-2-4-6-9;/h7-14,16-18H,1-6H3;2-5,7-8H,1H3;/q-2;-1;+3/b20-17-;;. The number of rotatable bonds is 5. The van der Waals surface area contributed by atoms with Crippen LogP contribution in [0.2, 0.25) is 0 Å². The summed E-state index contributed by atoms with van der Waals surface area (Å²) >= 11 is 0. The maximum Gasteiger partial charge on any atom is 3.00 e. The van der Waals surface area contributed by atoms with Gasteiger partial charge in [-0.05, 0) is 39.8 Å². The molecule has 0 aliphatic rings. The summed E-state index contributed by atoms with van der Waals surface area (Å²) in [6.07, 6.45) is 5.47. The van der Waals surface area contributed by atoms with Crippen molar-refractivity contribution in [2.24, 2.45) is 7.05 Å². The van der Waals surface area contributed by atoms with Crippen molar-refractivity contribution >= 4 is 33.2 Å². The third-order valence-corrected chi connectivity index (χ3v) is 7.55. The van der Waals surface area contributed by atoms with Gasteiger partial charge < -0.3 is 19.4 Å². The fourth-order valence-electron chi connectivity index (χ4n) is 5.42. The summed E-state index contributed by atoms with van der Waals surface area (Å²) in [7, 11) is 3.96. The van der Waals surface area contributed by atoms with Gasteiger partial charge in [0.1, 0.15) is 0 Å². The van der Waals surface area contributed by atoms with Gasteiger partial charge in [-0.3, -0.25) is 4.98 Å². The number of benzene rings is 4. The first-order chi connectivity index (χ1) is 20.5. The predicted octanol–water partition coefficient (Wildman–Crippen LogP) is 9.27. The quantitative estimate of drug-likeness (QED) is 0.130. The molecule has 0 aliphatic carbocycles. The van der Waals surface area contributed by atoms with Crippen molar-refractivity contribution < 1.29 is 20.1 Å². The van der Waals surface area contributed by atoms with Gasteiger partial charge in [-0.15, -0.1) is 47.5 Å². The first-order valence-electron chi connectivity index (χ1n) is 14.5. The molecule has 4 aromatic carbocycles. The zero-order valence-corrected chi connectivity index (χ0v) is 28.8. The number of hydrogen-bond acceptors (Lipinski definition) is 2. The Hall–Kier alpha value is -4.25. The Labute approximate surface area is 274 Å². The monoisotopic (exact) mass is 757 g/mol. The normalized spacial score (nSPS) is 11.6.